The van der Waals surface area contributed by atoms with Gasteiger partial charge in [0, 0.05) is 0 Å². The van der Waals surface area contributed by atoms with E-state index in [4.69, 9.17) is 0 Å². The fourth-order valence-electron chi connectivity index (χ4n) is 5.64. The van der Waals surface area contributed by atoms with Crippen molar-refractivity contribution in [2.45, 2.75) is 33.4 Å². The molecule has 5 rings (SSSR count). The van der Waals surface area contributed by atoms with Gasteiger partial charge in [0.15, 0.2) is 0 Å². The Balaban J connectivity index is 1.98. The Bertz CT molecular complexity index is 1290. The van der Waals surface area contributed by atoms with Crippen molar-refractivity contribution in [2.24, 2.45) is 0 Å². The molecule has 0 N–H and O–H groups in total. The van der Waals surface area contributed by atoms with Gasteiger partial charge in [0.2, 0.25) is 0 Å². The highest BCUT2D eigenvalue weighted by Gasteiger charge is 2.46. The first-order chi connectivity index (χ1) is 16.6. The zero-order chi connectivity index (χ0) is 23.7. The lowest BCUT2D eigenvalue weighted by molar-refractivity contribution is 1.37. The third kappa shape index (κ3) is 3.61. The van der Waals surface area contributed by atoms with Crippen LogP contribution in [0.1, 0.15) is 40.3 Å². The molecule has 4 aromatic rings. The maximum absolute atomic E-state index is 2.59. The first-order valence-electron chi connectivity index (χ1n) is 12.3. The van der Waals surface area contributed by atoms with Gasteiger partial charge >= 0.3 is 0 Å². The largest absolute Gasteiger partial charge is 0.118 e. The summed E-state index contributed by atoms with van der Waals surface area (Å²) in [5.74, 6) is 0. The average Bonchev–Trinajstić information content (AvgIpc) is 3.15. The molecule has 0 fully saturated rings. The first-order valence-corrected chi connectivity index (χ1v) is 15.0. The molecule has 0 nitrogen and oxygen atoms in total. The molecular weight excluding hydrogens is 424 g/mol. The van der Waals surface area contributed by atoms with Crippen LogP contribution in [0.3, 0.4) is 0 Å². The Labute approximate surface area is 205 Å². The molecule has 0 spiro atoms. The molecule has 4 aromatic carbocycles. The summed E-state index contributed by atoms with van der Waals surface area (Å²) < 4.78 is 0. The van der Waals surface area contributed by atoms with Crippen molar-refractivity contribution in [3.63, 3.8) is 0 Å². The molecule has 0 bridgehead atoms. The normalized spacial score (nSPS) is 15.2. The quantitative estimate of drug-likeness (QED) is 0.263. The number of hydrogen-bond acceptors (Lipinski definition) is 0. The van der Waals surface area contributed by atoms with Crippen molar-refractivity contribution < 1.29 is 0 Å². The topological polar surface area (TPSA) is 0 Å². The van der Waals surface area contributed by atoms with Crippen LogP contribution in [-0.4, -0.2) is 8.07 Å². The molecule has 1 aliphatic rings. The van der Waals surface area contributed by atoms with Gasteiger partial charge in [0.25, 0.3) is 0 Å². The molecule has 1 aliphatic heterocycles. The Morgan fingerprint density at radius 1 is 0.500 bits per heavy atom. The third-order valence-corrected chi connectivity index (χ3v) is 12.2. The van der Waals surface area contributed by atoms with E-state index in [-0.39, 0.29) is 0 Å². The van der Waals surface area contributed by atoms with Crippen LogP contribution >= 0.6 is 0 Å². The van der Waals surface area contributed by atoms with Crippen molar-refractivity contribution in [3.8, 4) is 0 Å². The highest BCUT2D eigenvalue weighted by Crippen LogP contribution is 2.57. The molecule has 34 heavy (non-hydrogen) atoms. The van der Waals surface area contributed by atoms with Gasteiger partial charge in [-0.15, -0.1) is 0 Å². The molecule has 0 unspecified atom stereocenters. The third-order valence-electron chi connectivity index (χ3n) is 7.51. The fraction of sp³-hybridized carbons (Fsp3) is 0.152. The van der Waals surface area contributed by atoms with Crippen LogP contribution in [0.5, 0.6) is 0 Å². The molecule has 0 amide bonds. The Hall–Kier alpha value is -3.42. The minimum atomic E-state index is -2.10. The van der Waals surface area contributed by atoms with E-state index < -0.39 is 8.07 Å². The maximum Gasteiger partial charge on any atom is 0.118 e. The summed E-state index contributed by atoms with van der Waals surface area (Å²) in [5, 5.41) is 3.16. The van der Waals surface area contributed by atoms with Gasteiger partial charge in [-0.2, -0.15) is 0 Å². The lowest BCUT2D eigenvalue weighted by atomic mass is 9.88. The predicted octanol–water partition coefficient (Wildman–Crippen LogP) is 9.02. The second kappa shape index (κ2) is 9.08. The van der Waals surface area contributed by atoms with Gasteiger partial charge in [-0.3, -0.25) is 0 Å². The van der Waals surface area contributed by atoms with Crippen LogP contribution in [-0.2, 0) is 0 Å². The highest BCUT2D eigenvalue weighted by molar-refractivity contribution is 7.14. The van der Waals surface area contributed by atoms with Crippen molar-refractivity contribution in [1.29, 1.82) is 0 Å². The van der Waals surface area contributed by atoms with E-state index in [1.807, 2.05) is 0 Å². The van der Waals surface area contributed by atoms with Crippen molar-refractivity contribution in [1.82, 2.24) is 0 Å². The Morgan fingerprint density at radius 3 is 1.21 bits per heavy atom. The van der Waals surface area contributed by atoms with E-state index in [1.165, 1.54) is 44.5 Å². The molecule has 0 saturated carbocycles. The fourth-order valence-corrected chi connectivity index (χ4v) is 9.99. The zero-order valence-corrected chi connectivity index (χ0v) is 21.6. The monoisotopic (exact) mass is 456 g/mol. The second-order valence-electron chi connectivity index (χ2n) is 9.55. The first kappa shape index (κ1) is 22.4. The molecule has 168 valence electrons. The Morgan fingerprint density at radius 2 is 0.853 bits per heavy atom. The van der Waals surface area contributed by atoms with E-state index in [9.17, 15) is 0 Å². The summed E-state index contributed by atoms with van der Waals surface area (Å²) in [6.07, 6.45) is 0. The van der Waals surface area contributed by atoms with Crippen LogP contribution < -0.4 is 0 Å². The number of aryl methyl sites for hydroxylation is 2. The minimum absolute atomic E-state index is 1.16. The maximum atomic E-state index is 2.59. The van der Waals surface area contributed by atoms with E-state index in [0.29, 0.717) is 0 Å². The number of allylic oxidation sites excluding steroid dienone is 2. The molecule has 1 heterocycles. The van der Waals surface area contributed by atoms with Gasteiger partial charge in [0.1, 0.15) is 8.07 Å². The number of hydrogen-bond donors (Lipinski definition) is 0. The molecule has 0 radical (unpaired) electrons. The van der Waals surface area contributed by atoms with E-state index in [0.717, 1.165) is 6.04 Å². The van der Waals surface area contributed by atoms with Crippen LogP contribution in [0, 0.1) is 13.8 Å². The van der Waals surface area contributed by atoms with Crippen molar-refractivity contribution in [3.05, 3.63) is 143 Å². The standard InChI is InChI=1S/C33H32Si/c1-5-34(4)32(28-22-14-12-16-24(28)2)30(26-18-8-6-9-19-26)31(27-20-10-7-11-21-27)33(34)29-23-15-13-17-25(29)3/h6-23H,5H2,1-4H3. The Kier molecular flexibility index (Phi) is 5.97. The van der Waals surface area contributed by atoms with E-state index in [2.05, 4.69) is 137 Å². The van der Waals surface area contributed by atoms with Crippen LogP contribution in [0.25, 0.3) is 21.5 Å². The van der Waals surface area contributed by atoms with Gasteiger partial charge < -0.3 is 0 Å². The smallest absolute Gasteiger partial charge is 0.0672 e. The zero-order valence-electron chi connectivity index (χ0n) is 20.6. The summed E-state index contributed by atoms with van der Waals surface area (Å²) >= 11 is 0. The SMILES string of the molecule is CC[Si]1(C)C(c2ccccc2C)=C(c2ccccc2)C(c2ccccc2)=C1c1ccccc1C. The summed E-state index contributed by atoms with van der Waals surface area (Å²) in [5.41, 5.74) is 11.0. The van der Waals surface area contributed by atoms with Crippen molar-refractivity contribution >= 4 is 29.6 Å². The van der Waals surface area contributed by atoms with E-state index >= 15 is 0 Å². The predicted molar refractivity (Wildman–Crippen MR) is 151 cm³/mol. The summed E-state index contributed by atoms with van der Waals surface area (Å²) in [6.45, 7) is 9.53. The van der Waals surface area contributed by atoms with Crippen LogP contribution in [0.15, 0.2) is 109 Å². The molecule has 1 heteroatoms. The summed E-state index contributed by atoms with van der Waals surface area (Å²) in [4.78, 5) is 0. The number of rotatable bonds is 5. The van der Waals surface area contributed by atoms with Gasteiger partial charge in [-0.25, -0.2) is 0 Å². The summed E-state index contributed by atoms with van der Waals surface area (Å²) in [7, 11) is -2.10. The molecular formula is C33H32Si. The van der Waals surface area contributed by atoms with E-state index in [1.54, 1.807) is 10.4 Å². The molecule has 0 saturated heterocycles. The van der Waals surface area contributed by atoms with Crippen LogP contribution in [0.2, 0.25) is 12.6 Å². The molecule has 0 atom stereocenters. The van der Waals surface area contributed by atoms with Crippen LogP contribution in [0.4, 0.5) is 0 Å². The summed E-state index contributed by atoms with van der Waals surface area (Å²) in [6, 6.07) is 41.2. The second-order valence-corrected chi connectivity index (χ2v) is 13.9. The van der Waals surface area contributed by atoms with Gasteiger partial charge in [-0.1, -0.05) is 129 Å². The van der Waals surface area contributed by atoms with Crippen molar-refractivity contribution in [2.75, 3.05) is 0 Å². The van der Waals surface area contributed by atoms with Gasteiger partial charge in [0.05, 0.1) is 0 Å². The van der Waals surface area contributed by atoms with Gasteiger partial charge in [-0.05, 0) is 68.8 Å². The molecule has 0 aliphatic carbocycles. The molecule has 0 aromatic heterocycles. The number of benzene rings is 4. The minimum Gasteiger partial charge on any atom is -0.0672 e. The average molecular weight is 457 g/mol. The lowest BCUT2D eigenvalue weighted by Gasteiger charge is -2.31. The highest BCUT2D eigenvalue weighted by atomic mass is 28.3. The lowest BCUT2D eigenvalue weighted by Crippen LogP contribution is -2.32.